The molecule has 2 aromatic carbocycles. The van der Waals surface area contributed by atoms with Crippen LogP contribution in [-0.4, -0.2) is 41.1 Å². The Balaban J connectivity index is 1.72. The molecule has 27 heavy (non-hydrogen) atoms. The topological polar surface area (TPSA) is 66.8 Å². The van der Waals surface area contributed by atoms with Crippen LogP contribution in [0.5, 0.6) is 0 Å². The molecule has 2 aromatic rings. The first-order valence-electron chi connectivity index (χ1n) is 9.31. The van der Waals surface area contributed by atoms with Crippen molar-refractivity contribution in [3.63, 3.8) is 0 Å². The molecule has 140 valence electrons. The molecule has 1 N–H and O–H groups in total. The number of ether oxygens (including phenoxy) is 1. The summed E-state index contributed by atoms with van der Waals surface area (Å²) >= 11 is 0. The number of benzene rings is 2. The highest BCUT2D eigenvalue weighted by atomic mass is 16.5. The Kier molecular flexibility index (Phi) is 4.48. The minimum atomic E-state index is -0.920. The normalized spacial score (nSPS) is 30.0. The van der Waals surface area contributed by atoms with E-state index in [1.54, 1.807) is 24.3 Å². The van der Waals surface area contributed by atoms with Crippen molar-refractivity contribution < 1.29 is 19.4 Å². The second-order valence-corrected chi connectivity index (χ2v) is 7.46. The van der Waals surface area contributed by atoms with Crippen LogP contribution in [0.1, 0.15) is 35.2 Å². The number of fused-ring (bicyclic) bond motifs is 2. The monoisotopic (exact) mass is 365 g/mol. The molecule has 2 aliphatic heterocycles. The first kappa shape index (κ1) is 17.7. The van der Waals surface area contributed by atoms with E-state index in [4.69, 9.17) is 4.74 Å². The lowest BCUT2D eigenvalue weighted by molar-refractivity contribution is -0.160. The predicted octanol–water partition coefficient (Wildman–Crippen LogP) is 3.31. The maximum atomic E-state index is 12.6. The lowest BCUT2D eigenvalue weighted by Crippen LogP contribution is -2.60. The van der Waals surface area contributed by atoms with Gasteiger partial charge in [-0.05, 0) is 37.6 Å². The van der Waals surface area contributed by atoms with Crippen molar-refractivity contribution >= 4 is 11.9 Å². The maximum Gasteiger partial charge on any atom is 0.338 e. The van der Waals surface area contributed by atoms with Crippen molar-refractivity contribution in [3.05, 3.63) is 71.8 Å². The summed E-state index contributed by atoms with van der Waals surface area (Å²) in [5.41, 5.74) is 0.766. The van der Waals surface area contributed by atoms with Gasteiger partial charge in [-0.15, -0.1) is 0 Å². The number of piperidine rings is 1. The largest absolute Gasteiger partial charge is 0.481 e. The number of aliphatic carboxylic acids is 1. The highest BCUT2D eigenvalue weighted by molar-refractivity contribution is 5.89. The summed E-state index contributed by atoms with van der Waals surface area (Å²) in [7, 11) is 2.00. The fourth-order valence-electron chi connectivity index (χ4n) is 4.96. The smallest absolute Gasteiger partial charge is 0.338 e. The van der Waals surface area contributed by atoms with E-state index >= 15 is 0 Å². The fourth-order valence-corrected chi connectivity index (χ4v) is 4.96. The maximum absolute atomic E-state index is 12.6. The number of carbonyl (C=O) groups excluding carboxylic acids is 1. The first-order chi connectivity index (χ1) is 13.0. The molecule has 2 aliphatic rings. The van der Waals surface area contributed by atoms with Crippen molar-refractivity contribution in [1.29, 1.82) is 0 Å². The third kappa shape index (κ3) is 2.82. The second-order valence-electron chi connectivity index (χ2n) is 7.46. The van der Waals surface area contributed by atoms with Crippen molar-refractivity contribution in [2.75, 3.05) is 7.05 Å². The molecule has 0 saturated carbocycles. The minimum absolute atomic E-state index is 0.203. The molecular weight excluding hydrogens is 342 g/mol. The van der Waals surface area contributed by atoms with Crippen LogP contribution < -0.4 is 0 Å². The molecule has 0 amide bonds. The Morgan fingerprint density at radius 1 is 1.07 bits per heavy atom. The summed E-state index contributed by atoms with van der Waals surface area (Å²) in [4.78, 5) is 27.2. The van der Waals surface area contributed by atoms with Crippen molar-refractivity contribution in [1.82, 2.24) is 4.90 Å². The van der Waals surface area contributed by atoms with Crippen LogP contribution in [0, 0.1) is 5.92 Å². The van der Waals surface area contributed by atoms with Crippen LogP contribution in [0.3, 0.4) is 0 Å². The number of carboxylic acid groups (broad SMARTS) is 1. The van der Waals surface area contributed by atoms with Gasteiger partial charge in [0, 0.05) is 12.5 Å². The van der Waals surface area contributed by atoms with E-state index in [-0.39, 0.29) is 6.04 Å². The van der Waals surface area contributed by atoms with E-state index < -0.39 is 29.5 Å². The molecule has 2 fully saturated rings. The summed E-state index contributed by atoms with van der Waals surface area (Å²) in [6.07, 6.45) is 1.53. The number of hydrogen-bond acceptors (Lipinski definition) is 4. The van der Waals surface area contributed by atoms with Gasteiger partial charge >= 0.3 is 11.9 Å². The molecule has 5 nitrogen and oxygen atoms in total. The SMILES string of the molecule is CN1[C@H]2CC[C@]1(c1ccccc1)[C@@H](C(=O)O)[C@@H](OC(=O)c1ccccc1)C2. The summed E-state index contributed by atoms with van der Waals surface area (Å²) < 4.78 is 5.78. The molecule has 4 atom stereocenters. The number of nitrogens with zero attached hydrogens (tertiary/aromatic N) is 1. The van der Waals surface area contributed by atoms with Gasteiger partial charge in [-0.25, -0.2) is 4.79 Å². The van der Waals surface area contributed by atoms with Gasteiger partial charge in [-0.3, -0.25) is 9.69 Å². The Morgan fingerprint density at radius 3 is 2.33 bits per heavy atom. The van der Waals surface area contributed by atoms with E-state index in [0.717, 1.165) is 18.4 Å². The molecule has 2 bridgehead atoms. The highest BCUT2D eigenvalue weighted by Crippen LogP contribution is 2.53. The van der Waals surface area contributed by atoms with Gasteiger partial charge in [0.15, 0.2) is 0 Å². The zero-order chi connectivity index (χ0) is 19.0. The van der Waals surface area contributed by atoms with Gasteiger partial charge in [0.1, 0.15) is 12.0 Å². The molecule has 2 saturated heterocycles. The molecule has 4 rings (SSSR count). The van der Waals surface area contributed by atoms with Gasteiger partial charge in [-0.2, -0.15) is 0 Å². The number of rotatable bonds is 4. The number of carboxylic acids is 1. The van der Waals surface area contributed by atoms with Gasteiger partial charge in [-0.1, -0.05) is 48.5 Å². The Hall–Kier alpha value is -2.66. The van der Waals surface area contributed by atoms with Crippen LogP contribution in [0.2, 0.25) is 0 Å². The molecule has 5 heteroatoms. The standard InChI is InChI=1S/C22H23NO4/c1-23-17-12-13-22(23,16-10-6-3-7-11-16)19(20(24)25)18(14-17)27-21(26)15-8-4-2-5-9-15/h2-11,17-19H,12-14H2,1H3,(H,24,25)/t17-,18-,19+,22-/m0/s1. The Labute approximate surface area is 158 Å². The van der Waals surface area contributed by atoms with Crippen LogP contribution >= 0.6 is 0 Å². The summed E-state index contributed by atoms with van der Waals surface area (Å²) in [6, 6.07) is 18.7. The van der Waals surface area contributed by atoms with Crippen LogP contribution in [0.15, 0.2) is 60.7 Å². The average Bonchev–Trinajstić information content (AvgIpc) is 2.89. The van der Waals surface area contributed by atoms with Gasteiger partial charge < -0.3 is 9.84 Å². The van der Waals surface area contributed by atoms with E-state index in [0.29, 0.717) is 12.0 Å². The molecule has 2 heterocycles. The molecule has 0 radical (unpaired) electrons. The zero-order valence-corrected chi connectivity index (χ0v) is 15.2. The number of esters is 1. The van der Waals surface area contributed by atoms with E-state index in [1.807, 2.05) is 43.4 Å². The van der Waals surface area contributed by atoms with Crippen LogP contribution in [0.25, 0.3) is 0 Å². The highest BCUT2D eigenvalue weighted by Gasteiger charge is 2.61. The van der Waals surface area contributed by atoms with Crippen molar-refractivity contribution in [2.45, 2.75) is 36.9 Å². The molecule has 0 unspecified atom stereocenters. The molecule has 0 aromatic heterocycles. The fraction of sp³-hybridized carbons (Fsp3) is 0.364. The number of carbonyl (C=O) groups is 2. The van der Waals surface area contributed by atoms with Gasteiger partial charge in [0.2, 0.25) is 0 Å². The predicted molar refractivity (Wildman–Crippen MR) is 100 cm³/mol. The zero-order valence-electron chi connectivity index (χ0n) is 15.2. The van der Waals surface area contributed by atoms with Crippen LogP contribution in [-0.2, 0) is 15.1 Å². The molecule has 0 spiro atoms. The number of hydrogen-bond donors (Lipinski definition) is 1. The lowest BCUT2D eigenvalue weighted by Gasteiger charge is -2.49. The Bertz CT molecular complexity index is 838. The first-order valence-corrected chi connectivity index (χ1v) is 9.31. The van der Waals surface area contributed by atoms with E-state index in [9.17, 15) is 14.7 Å². The molecule has 0 aliphatic carbocycles. The second kappa shape index (κ2) is 6.82. The average molecular weight is 365 g/mol. The van der Waals surface area contributed by atoms with Crippen molar-refractivity contribution in [2.24, 2.45) is 5.92 Å². The van der Waals surface area contributed by atoms with Gasteiger partial charge in [0.05, 0.1) is 11.1 Å². The summed E-state index contributed by atoms with van der Waals surface area (Å²) in [5, 5.41) is 10.1. The van der Waals surface area contributed by atoms with E-state index in [1.165, 1.54) is 0 Å². The third-order valence-electron chi connectivity index (χ3n) is 6.23. The quantitative estimate of drug-likeness (QED) is 0.842. The lowest BCUT2D eigenvalue weighted by atomic mass is 9.71. The van der Waals surface area contributed by atoms with Gasteiger partial charge in [0.25, 0.3) is 0 Å². The third-order valence-corrected chi connectivity index (χ3v) is 6.23. The van der Waals surface area contributed by atoms with Crippen LogP contribution in [0.4, 0.5) is 0 Å². The Morgan fingerprint density at radius 2 is 1.70 bits per heavy atom. The summed E-state index contributed by atoms with van der Waals surface area (Å²) in [5.74, 6) is -2.19. The molecular formula is C22H23NO4. The summed E-state index contributed by atoms with van der Waals surface area (Å²) in [6.45, 7) is 0. The minimum Gasteiger partial charge on any atom is -0.481 e. The van der Waals surface area contributed by atoms with Crippen molar-refractivity contribution in [3.8, 4) is 0 Å². The van der Waals surface area contributed by atoms with E-state index in [2.05, 4.69) is 4.90 Å².